The minimum Gasteiger partial charge on any atom is -0.494 e. The Morgan fingerprint density at radius 3 is 2.65 bits per heavy atom. The van der Waals surface area contributed by atoms with E-state index in [-0.39, 0.29) is 16.7 Å². The van der Waals surface area contributed by atoms with Gasteiger partial charge in [-0.05, 0) is 37.4 Å². The molecule has 0 bridgehead atoms. The van der Waals surface area contributed by atoms with Crippen LogP contribution < -0.4 is 20.3 Å². The number of piperazine rings is 1. The van der Waals surface area contributed by atoms with Crippen molar-refractivity contribution < 1.29 is 18.3 Å². The van der Waals surface area contributed by atoms with Gasteiger partial charge in [-0.2, -0.15) is 8.78 Å². The van der Waals surface area contributed by atoms with Gasteiger partial charge < -0.3 is 25.2 Å². The summed E-state index contributed by atoms with van der Waals surface area (Å²) < 4.78 is 36.6. The van der Waals surface area contributed by atoms with E-state index in [9.17, 15) is 4.79 Å². The predicted molar refractivity (Wildman–Crippen MR) is 141 cm³/mol. The molecule has 1 fully saturated rings. The highest BCUT2D eigenvalue weighted by Gasteiger charge is 2.39. The molecular weight excluding hydrogens is 502 g/mol. The molecule has 2 N–H and O–H groups in total. The first-order chi connectivity index (χ1) is 17.7. The summed E-state index contributed by atoms with van der Waals surface area (Å²) in [5.74, 6) is -3.63. The lowest BCUT2D eigenvalue weighted by Gasteiger charge is -2.34. The van der Waals surface area contributed by atoms with Crippen molar-refractivity contribution in [1.29, 1.82) is 0 Å². The van der Waals surface area contributed by atoms with Crippen LogP contribution in [0.15, 0.2) is 61.3 Å². The van der Waals surface area contributed by atoms with Crippen molar-refractivity contribution in [2.75, 3.05) is 55.9 Å². The molecule has 1 aliphatic rings. The number of halogens is 3. The number of nitrogens with one attached hydrogen (secondary N) is 2. The molecule has 2 aromatic carbocycles. The molecule has 0 saturated carbocycles. The summed E-state index contributed by atoms with van der Waals surface area (Å²) in [6.07, 6.45) is 2.17. The molecule has 3 aromatic rings. The van der Waals surface area contributed by atoms with Gasteiger partial charge in [0.1, 0.15) is 11.4 Å². The number of hydrogen-bond acceptors (Lipinski definition) is 7. The van der Waals surface area contributed by atoms with Gasteiger partial charge in [-0.1, -0.05) is 30.3 Å². The average molecular weight is 529 g/mol. The van der Waals surface area contributed by atoms with Crippen LogP contribution in [0, 0.1) is 0 Å². The quantitative estimate of drug-likeness (QED) is 0.402. The molecule has 0 atom stereocenters. The third-order valence-corrected chi connectivity index (χ3v) is 6.30. The summed E-state index contributed by atoms with van der Waals surface area (Å²) in [5.41, 5.74) is 0.645. The maximum absolute atomic E-state index is 15.5. The summed E-state index contributed by atoms with van der Waals surface area (Å²) in [5, 5.41) is 5.13. The van der Waals surface area contributed by atoms with E-state index in [0.717, 1.165) is 50.2 Å². The lowest BCUT2D eigenvalue weighted by Crippen LogP contribution is -2.44. The lowest BCUT2D eigenvalue weighted by atomic mass is 10.0. The zero-order valence-corrected chi connectivity index (χ0v) is 21.2. The fourth-order valence-electron chi connectivity index (χ4n) is 3.93. The van der Waals surface area contributed by atoms with Gasteiger partial charge in [0.25, 0.3) is 0 Å². The van der Waals surface area contributed by atoms with Gasteiger partial charge in [-0.3, -0.25) is 4.79 Å². The SMILES string of the molecule is C=CC(=O)Nc1cccc(C(F)(F)c2nc(Nc3ccc(N4CCN(C)CC4)cc3OC)ncc2Cl)c1. The number of alkyl halides is 2. The van der Waals surface area contributed by atoms with Crippen LogP contribution in [0.5, 0.6) is 5.75 Å². The number of carbonyl (C=O) groups is 1. The van der Waals surface area contributed by atoms with Crippen molar-refractivity contribution in [2.24, 2.45) is 0 Å². The van der Waals surface area contributed by atoms with Crippen LogP contribution in [-0.2, 0) is 10.7 Å². The minimum atomic E-state index is -3.57. The number of rotatable bonds is 8. The smallest absolute Gasteiger partial charge is 0.316 e. The molecule has 0 spiro atoms. The molecule has 11 heteroatoms. The molecule has 1 aliphatic heterocycles. The van der Waals surface area contributed by atoms with Gasteiger partial charge in [0.2, 0.25) is 11.9 Å². The maximum atomic E-state index is 15.5. The first kappa shape index (κ1) is 26.3. The lowest BCUT2D eigenvalue weighted by molar-refractivity contribution is -0.111. The maximum Gasteiger partial charge on any atom is 0.316 e. The number of nitrogens with zero attached hydrogens (tertiary/aromatic N) is 4. The summed E-state index contributed by atoms with van der Waals surface area (Å²) in [4.78, 5) is 24.2. The van der Waals surface area contributed by atoms with Gasteiger partial charge >= 0.3 is 5.92 Å². The van der Waals surface area contributed by atoms with E-state index < -0.39 is 23.1 Å². The topological polar surface area (TPSA) is 82.6 Å². The third-order valence-electron chi connectivity index (χ3n) is 6.02. The molecule has 194 valence electrons. The first-order valence-electron chi connectivity index (χ1n) is 11.5. The Morgan fingerprint density at radius 1 is 1.19 bits per heavy atom. The molecule has 1 aromatic heterocycles. The van der Waals surface area contributed by atoms with Gasteiger partial charge in [-0.15, -0.1) is 0 Å². The van der Waals surface area contributed by atoms with Crippen LogP contribution in [0.2, 0.25) is 5.02 Å². The number of anilines is 4. The molecule has 1 saturated heterocycles. The second-order valence-electron chi connectivity index (χ2n) is 8.54. The number of aromatic nitrogens is 2. The molecular formula is C26H27ClF2N6O2. The Labute approximate surface area is 218 Å². The van der Waals surface area contributed by atoms with Crippen molar-refractivity contribution >= 4 is 40.5 Å². The fourth-order valence-corrected chi connectivity index (χ4v) is 4.14. The molecule has 2 heterocycles. The average Bonchev–Trinajstić information content (AvgIpc) is 2.90. The third kappa shape index (κ3) is 5.98. The van der Waals surface area contributed by atoms with Crippen molar-refractivity contribution in [3.8, 4) is 5.75 Å². The van der Waals surface area contributed by atoms with Crippen LogP contribution in [0.3, 0.4) is 0 Å². The molecule has 37 heavy (non-hydrogen) atoms. The van der Waals surface area contributed by atoms with E-state index in [1.807, 2.05) is 12.1 Å². The van der Waals surface area contributed by atoms with E-state index >= 15 is 8.78 Å². The summed E-state index contributed by atoms with van der Waals surface area (Å²) >= 11 is 6.11. The van der Waals surface area contributed by atoms with Crippen LogP contribution in [-0.4, -0.2) is 61.1 Å². The Kier molecular flexibility index (Phi) is 7.89. The molecule has 0 radical (unpaired) electrons. The highest BCUT2D eigenvalue weighted by molar-refractivity contribution is 6.31. The molecule has 8 nitrogen and oxygen atoms in total. The first-order valence-corrected chi connectivity index (χ1v) is 11.9. The second kappa shape index (κ2) is 11.1. The predicted octanol–water partition coefficient (Wildman–Crippen LogP) is 4.90. The largest absolute Gasteiger partial charge is 0.494 e. The summed E-state index contributed by atoms with van der Waals surface area (Å²) in [7, 11) is 3.63. The van der Waals surface area contributed by atoms with Gasteiger partial charge in [0.15, 0.2) is 0 Å². The van der Waals surface area contributed by atoms with Crippen molar-refractivity contribution in [3.05, 3.63) is 77.6 Å². The summed E-state index contributed by atoms with van der Waals surface area (Å²) in [6, 6.07) is 10.9. The zero-order chi connectivity index (χ0) is 26.6. The Bertz CT molecular complexity index is 1300. The monoisotopic (exact) mass is 528 g/mol. The molecule has 0 aliphatic carbocycles. The van der Waals surface area contributed by atoms with E-state index in [4.69, 9.17) is 16.3 Å². The van der Waals surface area contributed by atoms with Crippen LogP contribution >= 0.6 is 11.6 Å². The Morgan fingerprint density at radius 2 is 1.95 bits per heavy atom. The zero-order valence-electron chi connectivity index (χ0n) is 20.5. The van der Waals surface area contributed by atoms with Crippen molar-refractivity contribution in [1.82, 2.24) is 14.9 Å². The van der Waals surface area contributed by atoms with Crippen LogP contribution in [0.25, 0.3) is 0 Å². The number of hydrogen-bond donors (Lipinski definition) is 2. The number of benzene rings is 2. The Balaban J connectivity index is 1.59. The molecule has 4 rings (SSSR count). The number of amides is 1. The van der Waals surface area contributed by atoms with E-state index in [0.29, 0.717) is 11.4 Å². The minimum absolute atomic E-state index is 0.0687. The van der Waals surface area contributed by atoms with Crippen molar-refractivity contribution in [3.63, 3.8) is 0 Å². The molecule has 1 amide bonds. The Hall–Kier alpha value is -3.76. The summed E-state index contributed by atoms with van der Waals surface area (Å²) in [6.45, 7) is 7.06. The van der Waals surface area contributed by atoms with Gasteiger partial charge in [0.05, 0.1) is 24.0 Å². The normalized spacial score (nSPS) is 14.2. The van der Waals surface area contributed by atoms with E-state index in [1.54, 1.807) is 6.07 Å². The number of carbonyl (C=O) groups excluding carboxylic acids is 1. The van der Waals surface area contributed by atoms with Crippen molar-refractivity contribution in [2.45, 2.75) is 5.92 Å². The van der Waals surface area contributed by atoms with Crippen LogP contribution in [0.4, 0.5) is 31.8 Å². The standard InChI is InChI=1S/C26H27ClF2N6O2/c1-4-23(36)31-18-7-5-6-17(14-18)26(28,29)24-20(27)16-30-25(33-24)32-21-9-8-19(15-22(21)37-3)35-12-10-34(2)11-13-35/h4-9,14-16H,1,10-13H2,2-3H3,(H,31,36)(H,30,32,33). The van der Waals surface area contributed by atoms with Gasteiger partial charge in [-0.25, -0.2) is 9.97 Å². The molecule has 0 unspecified atom stereocenters. The van der Waals surface area contributed by atoms with E-state index in [2.05, 4.69) is 44.0 Å². The number of likely N-dealkylation sites (N-methyl/N-ethyl adjacent to an activating group) is 1. The van der Waals surface area contributed by atoms with E-state index in [1.165, 1.54) is 25.3 Å². The van der Waals surface area contributed by atoms with Crippen LogP contribution in [0.1, 0.15) is 11.3 Å². The second-order valence-corrected chi connectivity index (χ2v) is 8.95. The highest BCUT2D eigenvalue weighted by atomic mass is 35.5. The fraction of sp³-hybridized carbons (Fsp3) is 0.269. The number of methoxy groups -OCH3 is 1. The number of ether oxygens (including phenoxy) is 1. The van der Waals surface area contributed by atoms with Gasteiger partial charge in [0, 0.05) is 49.2 Å². The highest BCUT2D eigenvalue weighted by Crippen LogP contribution is 2.40.